The number of aromatic nitrogens is 4. The van der Waals surface area contributed by atoms with Crippen LogP contribution in [0.4, 0.5) is 0 Å². The van der Waals surface area contributed by atoms with Gasteiger partial charge in [-0.3, -0.25) is 4.57 Å². The molecule has 4 nitrogen and oxygen atoms in total. The summed E-state index contributed by atoms with van der Waals surface area (Å²) in [6.45, 7) is 6.16. The molecule has 0 bridgehead atoms. The van der Waals surface area contributed by atoms with Crippen molar-refractivity contribution in [3.8, 4) is 51.0 Å². The van der Waals surface area contributed by atoms with E-state index in [4.69, 9.17) is 15.0 Å². The molecule has 0 radical (unpaired) electrons. The van der Waals surface area contributed by atoms with E-state index in [0.717, 1.165) is 33.3 Å². The minimum Gasteiger partial charge on any atom is -0.281 e. The van der Waals surface area contributed by atoms with Crippen LogP contribution in [0.3, 0.4) is 0 Å². The van der Waals surface area contributed by atoms with Gasteiger partial charge in [-0.25, -0.2) is 4.98 Å². The van der Waals surface area contributed by atoms with Crippen molar-refractivity contribution in [2.45, 2.75) is 12.3 Å². The number of allylic oxidation sites excluding steroid dienone is 2. The molecule has 0 fully saturated rings. The predicted octanol–water partition coefficient (Wildman–Crippen LogP) is 11.0. The Labute approximate surface area is 296 Å². The first-order valence-electron chi connectivity index (χ1n) is 17.3. The third-order valence-corrected chi connectivity index (χ3v) is 10.7. The van der Waals surface area contributed by atoms with E-state index < -0.39 is 5.41 Å². The number of nitrogens with zero attached hydrogens (tertiary/aromatic N) is 4. The molecular formula is C47H32N4. The van der Waals surface area contributed by atoms with Crippen LogP contribution in [0.1, 0.15) is 33.5 Å². The van der Waals surface area contributed by atoms with Gasteiger partial charge in [-0.05, 0) is 45.9 Å². The minimum absolute atomic E-state index is 0.461. The van der Waals surface area contributed by atoms with Crippen LogP contribution in [0, 0.1) is 6.92 Å². The Bertz CT molecular complexity index is 2620. The topological polar surface area (TPSA) is 43.6 Å². The SMILES string of the molecule is C=C/C=C\c1c(C)n(-c2nc(-c3ccccc3)nc(-c3ccccc3)n2)c2c3c(ccc12)C1(c2ccccc2-c2ccccc21)c1ccccc1-3. The molecule has 2 aromatic heterocycles. The second kappa shape index (κ2) is 11.2. The lowest BCUT2D eigenvalue weighted by atomic mass is 9.70. The van der Waals surface area contributed by atoms with Gasteiger partial charge in [0.2, 0.25) is 5.95 Å². The maximum absolute atomic E-state index is 5.24. The Hall–Kier alpha value is -6.65. The molecule has 1 spiro atoms. The van der Waals surface area contributed by atoms with Gasteiger partial charge in [0.05, 0.1) is 10.9 Å². The van der Waals surface area contributed by atoms with Crippen LogP contribution < -0.4 is 0 Å². The van der Waals surface area contributed by atoms with Crippen molar-refractivity contribution < 1.29 is 0 Å². The quantitative estimate of drug-likeness (QED) is 0.174. The van der Waals surface area contributed by atoms with Crippen molar-refractivity contribution in [3.05, 3.63) is 198 Å². The molecule has 10 rings (SSSR count). The van der Waals surface area contributed by atoms with Gasteiger partial charge in [-0.1, -0.05) is 170 Å². The van der Waals surface area contributed by atoms with Gasteiger partial charge >= 0.3 is 0 Å². The Morgan fingerprint density at radius 2 is 1.06 bits per heavy atom. The summed E-state index contributed by atoms with van der Waals surface area (Å²) in [5.74, 6) is 1.85. The summed E-state index contributed by atoms with van der Waals surface area (Å²) < 4.78 is 2.26. The number of hydrogen-bond donors (Lipinski definition) is 0. The van der Waals surface area contributed by atoms with Crippen LogP contribution in [-0.4, -0.2) is 19.5 Å². The number of rotatable bonds is 5. The molecule has 240 valence electrons. The number of hydrogen-bond acceptors (Lipinski definition) is 3. The summed E-state index contributed by atoms with van der Waals surface area (Å²) in [5, 5.41) is 1.14. The van der Waals surface area contributed by atoms with Crippen molar-refractivity contribution in [2.75, 3.05) is 0 Å². The van der Waals surface area contributed by atoms with E-state index in [-0.39, 0.29) is 0 Å². The molecule has 2 aliphatic carbocycles. The maximum Gasteiger partial charge on any atom is 0.238 e. The lowest BCUT2D eigenvalue weighted by Gasteiger charge is -2.30. The first-order chi connectivity index (χ1) is 25.2. The highest BCUT2D eigenvalue weighted by Crippen LogP contribution is 2.64. The zero-order valence-electron chi connectivity index (χ0n) is 28.1. The molecule has 8 aromatic rings. The van der Waals surface area contributed by atoms with Crippen LogP contribution in [0.15, 0.2) is 164 Å². The first-order valence-corrected chi connectivity index (χ1v) is 17.3. The summed E-state index contributed by atoms with van der Waals surface area (Å²) in [6.07, 6.45) is 5.99. The molecule has 0 saturated heterocycles. The summed E-state index contributed by atoms with van der Waals surface area (Å²) in [5.41, 5.74) is 14.9. The van der Waals surface area contributed by atoms with E-state index in [9.17, 15) is 0 Å². The van der Waals surface area contributed by atoms with Crippen LogP contribution in [0.25, 0.3) is 68.0 Å². The van der Waals surface area contributed by atoms with Gasteiger partial charge in [-0.2, -0.15) is 9.97 Å². The first kappa shape index (κ1) is 29.3. The third-order valence-electron chi connectivity index (χ3n) is 10.7. The van der Waals surface area contributed by atoms with Crippen LogP contribution in [0.2, 0.25) is 0 Å². The summed E-state index contributed by atoms with van der Waals surface area (Å²) in [4.78, 5) is 15.5. The fourth-order valence-electron chi connectivity index (χ4n) is 8.62. The molecule has 6 aromatic carbocycles. The van der Waals surface area contributed by atoms with E-state index in [0.29, 0.717) is 17.6 Å². The van der Waals surface area contributed by atoms with Crippen molar-refractivity contribution in [2.24, 2.45) is 0 Å². The fraction of sp³-hybridized carbons (Fsp3) is 0.0426. The van der Waals surface area contributed by atoms with Gasteiger partial charge < -0.3 is 0 Å². The number of fused-ring (bicyclic) bond motifs is 12. The highest BCUT2D eigenvalue weighted by molar-refractivity contribution is 6.08. The minimum atomic E-state index is -0.461. The van der Waals surface area contributed by atoms with Crippen molar-refractivity contribution >= 4 is 17.0 Å². The standard InChI is InChI=1S/C47H32N4/c1-3-4-21-33-30(2)51(46-49-44(31-17-7-5-8-18-31)48-45(50-46)32-19-9-6-10-20-32)43-36(33)28-29-41-42(43)37-24-13-16-27-40(37)47(41)38-25-14-11-22-34(38)35-23-12-15-26-39(35)47/h3-29H,1H2,2H3/b21-4-. The van der Waals surface area contributed by atoms with Gasteiger partial charge in [0, 0.05) is 33.3 Å². The molecule has 0 amide bonds. The van der Waals surface area contributed by atoms with Crippen LogP contribution in [-0.2, 0) is 5.41 Å². The molecule has 2 heterocycles. The second-order valence-corrected chi connectivity index (χ2v) is 13.2. The van der Waals surface area contributed by atoms with Crippen LogP contribution in [0.5, 0.6) is 0 Å². The highest BCUT2D eigenvalue weighted by atomic mass is 15.2. The molecule has 0 N–H and O–H groups in total. The van der Waals surface area contributed by atoms with E-state index in [1.807, 2.05) is 48.6 Å². The van der Waals surface area contributed by atoms with Crippen molar-refractivity contribution in [3.63, 3.8) is 0 Å². The largest absolute Gasteiger partial charge is 0.281 e. The molecule has 2 aliphatic rings. The van der Waals surface area contributed by atoms with Crippen molar-refractivity contribution in [1.82, 2.24) is 19.5 Å². The van der Waals surface area contributed by atoms with Crippen LogP contribution >= 0.6 is 0 Å². The Balaban J connectivity index is 1.36. The highest BCUT2D eigenvalue weighted by Gasteiger charge is 2.52. The van der Waals surface area contributed by atoms with Gasteiger partial charge in [0.15, 0.2) is 11.6 Å². The average molecular weight is 653 g/mol. The lowest BCUT2D eigenvalue weighted by Crippen LogP contribution is -2.25. The third kappa shape index (κ3) is 4.05. The molecule has 0 saturated carbocycles. The molecule has 0 aliphatic heterocycles. The summed E-state index contributed by atoms with van der Waals surface area (Å²) in [7, 11) is 0. The zero-order chi connectivity index (χ0) is 34.1. The summed E-state index contributed by atoms with van der Waals surface area (Å²) >= 11 is 0. The number of benzene rings is 6. The molecule has 51 heavy (non-hydrogen) atoms. The van der Waals surface area contributed by atoms with Crippen molar-refractivity contribution in [1.29, 1.82) is 0 Å². The van der Waals surface area contributed by atoms with E-state index in [1.54, 1.807) is 0 Å². The van der Waals surface area contributed by atoms with E-state index in [1.165, 1.54) is 44.5 Å². The van der Waals surface area contributed by atoms with E-state index >= 15 is 0 Å². The monoisotopic (exact) mass is 652 g/mol. The smallest absolute Gasteiger partial charge is 0.238 e. The zero-order valence-corrected chi connectivity index (χ0v) is 28.1. The fourth-order valence-corrected chi connectivity index (χ4v) is 8.62. The maximum atomic E-state index is 5.24. The molecule has 0 atom stereocenters. The van der Waals surface area contributed by atoms with E-state index in [2.05, 4.69) is 133 Å². The average Bonchev–Trinajstić information content (AvgIpc) is 3.78. The second-order valence-electron chi connectivity index (χ2n) is 13.2. The van der Waals surface area contributed by atoms with Gasteiger partial charge in [-0.15, -0.1) is 0 Å². The molecule has 0 unspecified atom stereocenters. The normalized spacial score (nSPS) is 13.4. The Kier molecular flexibility index (Phi) is 6.43. The summed E-state index contributed by atoms with van der Waals surface area (Å²) in [6, 6.07) is 51.8. The molecule has 4 heteroatoms. The Morgan fingerprint density at radius 3 is 1.63 bits per heavy atom. The van der Waals surface area contributed by atoms with Gasteiger partial charge in [0.1, 0.15) is 0 Å². The molecular weight excluding hydrogens is 621 g/mol. The Morgan fingerprint density at radius 1 is 0.549 bits per heavy atom. The lowest BCUT2D eigenvalue weighted by molar-refractivity contribution is 0.794. The predicted molar refractivity (Wildman–Crippen MR) is 208 cm³/mol. The van der Waals surface area contributed by atoms with Gasteiger partial charge in [0.25, 0.3) is 0 Å².